The summed E-state index contributed by atoms with van der Waals surface area (Å²) in [5, 5.41) is 9.11. The first-order valence-corrected chi connectivity index (χ1v) is 10.4. The maximum absolute atomic E-state index is 5.81. The first-order valence-electron chi connectivity index (χ1n) is 10.4. The van der Waals surface area contributed by atoms with Gasteiger partial charge in [0, 0.05) is 46.6 Å². The predicted molar refractivity (Wildman–Crippen MR) is 118 cm³/mol. The van der Waals surface area contributed by atoms with Crippen LogP contribution in [0, 0.1) is 5.92 Å². The molecule has 1 aliphatic heterocycles. The van der Waals surface area contributed by atoms with Crippen molar-refractivity contribution in [2.45, 2.75) is 25.8 Å². The summed E-state index contributed by atoms with van der Waals surface area (Å²) in [5.74, 6) is 2.35. The molecule has 0 aliphatic carbocycles. The molecule has 0 saturated carbocycles. The molecule has 6 heteroatoms. The number of rotatable bonds is 9. The van der Waals surface area contributed by atoms with E-state index in [1.54, 1.807) is 14.2 Å². The zero-order valence-electron chi connectivity index (χ0n) is 17.6. The third kappa shape index (κ3) is 6.91. The van der Waals surface area contributed by atoms with Crippen LogP contribution in [0.4, 0.5) is 0 Å². The average molecular weight is 400 g/mol. The molecule has 0 bridgehead atoms. The van der Waals surface area contributed by atoms with Gasteiger partial charge < -0.3 is 24.8 Å². The Balaban J connectivity index is 1.35. The van der Waals surface area contributed by atoms with E-state index in [0.717, 1.165) is 70.5 Å². The van der Waals surface area contributed by atoms with Crippen molar-refractivity contribution in [1.29, 1.82) is 0 Å². The zero-order valence-corrected chi connectivity index (χ0v) is 17.6. The smallest absolute Gasteiger partial charge is 0.191 e. The van der Waals surface area contributed by atoms with Crippen molar-refractivity contribution in [3.8, 4) is 5.75 Å². The molecule has 2 N–H and O–H groups in total. The highest BCUT2D eigenvalue weighted by atomic mass is 16.5. The van der Waals surface area contributed by atoms with E-state index in [1.807, 2.05) is 6.07 Å². The first kappa shape index (κ1) is 21.4. The Labute approximate surface area is 173 Å². The Bertz CT molecular complexity index is 788. The topological polar surface area (TPSA) is 64.1 Å². The second kappa shape index (κ2) is 11.6. The van der Waals surface area contributed by atoms with Crippen molar-refractivity contribution >= 4 is 16.7 Å². The second-order valence-corrected chi connectivity index (χ2v) is 7.38. The van der Waals surface area contributed by atoms with Gasteiger partial charge in [-0.25, -0.2) is 0 Å². The van der Waals surface area contributed by atoms with E-state index in [9.17, 15) is 0 Å². The van der Waals surface area contributed by atoms with Crippen molar-refractivity contribution in [2.75, 3.05) is 47.1 Å². The van der Waals surface area contributed by atoms with Gasteiger partial charge in [-0.2, -0.15) is 0 Å². The van der Waals surface area contributed by atoms with Crippen molar-refractivity contribution in [3.63, 3.8) is 0 Å². The van der Waals surface area contributed by atoms with Gasteiger partial charge in [0.2, 0.25) is 0 Å². The van der Waals surface area contributed by atoms with E-state index < -0.39 is 0 Å². The van der Waals surface area contributed by atoms with Gasteiger partial charge in [-0.05, 0) is 59.7 Å². The summed E-state index contributed by atoms with van der Waals surface area (Å²) in [7, 11) is 3.49. The molecule has 0 unspecified atom stereocenters. The molecule has 1 fully saturated rings. The standard InChI is InChI=1S/C23H33N3O3/c1-24-23(25-10-3-11-29-17-18-8-12-28-13-9-18)26-16-19-4-5-21-15-22(27-2)7-6-20(21)14-19/h4-7,14-15,18H,3,8-13,16-17H2,1-2H3,(H2,24,25,26). The lowest BCUT2D eigenvalue weighted by Gasteiger charge is -2.21. The first-order chi connectivity index (χ1) is 14.3. The Morgan fingerprint density at radius 1 is 1.10 bits per heavy atom. The Morgan fingerprint density at radius 2 is 1.90 bits per heavy atom. The molecule has 0 aromatic heterocycles. The summed E-state index contributed by atoms with van der Waals surface area (Å²) in [5.41, 5.74) is 1.21. The van der Waals surface area contributed by atoms with Crippen LogP contribution in [0.2, 0.25) is 0 Å². The summed E-state index contributed by atoms with van der Waals surface area (Å²) in [6, 6.07) is 12.6. The van der Waals surface area contributed by atoms with Crippen LogP contribution >= 0.6 is 0 Å². The fourth-order valence-corrected chi connectivity index (χ4v) is 3.46. The number of nitrogens with one attached hydrogen (secondary N) is 2. The summed E-state index contributed by atoms with van der Waals surface area (Å²) in [6.45, 7) is 4.94. The van der Waals surface area contributed by atoms with Crippen LogP contribution in [-0.4, -0.2) is 53.1 Å². The highest BCUT2D eigenvalue weighted by Gasteiger charge is 2.13. The Kier molecular flexibility index (Phi) is 8.58. The minimum Gasteiger partial charge on any atom is -0.497 e. The van der Waals surface area contributed by atoms with Crippen LogP contribution in [-0.2, 0) is 16.0 Å². The van der Waals surface area contributed by atoms with Gasteiger partial charge in [0.15, 0.2) is 5.96 Å². The largest absolute Gasteiger partial charge is 0.497 e. The highest BCUT2D eigenvalue weighted by Crippen LogP contribution is 2.21. The lowest BCUT2D eigenvalue weighted by molar-refractivity contribution is 0.0203. The maximum atomic E-state index is 5.81. The van der Waals surface area contributed by atoms with Gasteiger partial charge in [0.1, 0.15) is 5.75 Å². The van der Waals surface area contributed by atoms with E-state index in [4.69, 9.17) is 14.2 Å². The number of nitrogens with zero attached hydrogens (tertiary/aromatic N) is 1. The summed E-state index contributed by atoms with van der Waals surface area (Å²) in [4.78, 5) is 4.30. The molecular weight excluding hydrogens is 366 g/mol. The molecule has 1 aliphatic rings. The van der Waals surface area contributed by atoms with E-state index >= 15 is 0 Å². The quantitative estimate of drug-likeness (QED) is 0.385. The molecule has 1 heterocycles. The van der Waals surface area contributed by atoms with E-state index in [2.05, 4.69) is 46.0 Å². The number of benzene rings is 2. The lowest BCUT2D eigenvalue weighted by Crippen LogP contribution is -2.37. The minimum absolute atomic E-state index is 0.661. The van der Waals surface area contributed by atoms with E-state index in [0.29, 0.717) is 5.92 Å². The fraction of sp³-hybridized carbons (Fsp3) is 0.522. The molecule has 0 radical (unpaired) electrons. The SMILES string of the molecule is CN=C(NCCCOCC1CCOCC1)NCc1ccc2cc(OC)ccc2c1. The van der Waals surface area contributed by atoms with Crippen molar-refractivity contribution in [3.05, 3.63) is 42.0 Å². The molecule has 2 aromatic rings. The monoisotopic (exact) mass is 399 g/mol. The normalized spacial score (nSPS) is 15.4. The van der Waals surface area contributed by atoms with Crippen molar-refractivity contribution < 1.29 is 14.2 Å². The molecule has 0 amide bonds. The Morgan fingerprint density at radius 3 is 2.69 bits per heavy atom. The third-order valence-electron chi connectivity index (χ3n) is 5.25. The maximum Gasteiger partial charge on any atom is 0.191 e. The predicted octanol–water partition coefficient (Wildman–Crippen LogP) is 3.35. The highest BCUT2D eigenvalue weighted by molar-refractivity contribution is 5.85. The number of hydrogen-bond acceptors (Lipinski definition) is 4. The van der Waals surface area contributed by atoms with E-state index in [1.165, 1.54) is 16.3 Å². The molecule has 1 saturated heterocycles. The van der Waals surface area contributed by atoms with Crippen LogP contribution < -0.4 is 15.4 Å². The molecule has 0 spiro atoms. The fourth-order valence-electron chi connectivity index (χ4n) is 3.46. The Hall–Kier alpha value is -2.31. The summed E-state index contributed by atoms with van der Waals surface area (Å²) in [6.07, 6.45) is 3.20. The zero-order chi connectivity index (χ0) is 20.3. The minimum atomic E-state index is 0.661. The van der Waals surface area contributed by atoms with Gasteiger partial charge in [-0.15, -0.1) is 0 Å². The second-order valence-electron chi connectivity index (χ2n) is 7.38. The number of fused-ring (bicyclic) bond motifs is 1. The number of hydrogen-bond donors (Lipinski definition) is 2. The summed E-state index contributed by atoms with van der Waals surface area (Å²) >= 11 is 0. The van der Waals surface area contributed by atoms with Gasteiger partial charge in [0.05, 0.1) is 7.11 Å². The van der Waals surface area contributed by atoms with Crippen LogP contribution in [0.15, 0.2) is 41.4 Å². The van der Waals surface area contributed by atoms with Crippen molar-refractivity contribution in [1.82, 2.24) is 10.6 Å². The number of methoxy groups -OCH3 is 1. The van der Waals surface area contributed by atoms with Gasteiger partial charge >= 0.3 is 0 Å². The third-order valence-corrected chi connectivity index (χ3v) is 5.25. The lowest BCUT2D eigenvalue weighted by atomic mass is 10.0. The van der Waals surface area contributed by atoms with E-state index in [-0.39, 0.29) is 0 Å². The molecule has 29 heavy (non-hydrogen) atoms. The van der Waals surface area contributed by atoms with Crippen LogP contribution in [0.3, 0.4) is 0 Å². The molecule has 158 valence electrons. The summed E-state index contributed by atoms with van der Waals surface area (Å²) < 4.78 is 16.5. The number of aliphatic imine (C=N–C) groups is 1. The number of guanidine groups is 1. The average Bonchev–Trinajstić information content (AvgIpc) is 2.78. The van der Waals surface area contributed by atoms with Gasteiger partial charge in [-0.1, -0.05) is 18.2 Å². The van der Waals surface area contributed by atoms with Crippen LogP contribution in [0.5, 0.6) is 5.75 Å². The van der Waals surface area contributed by atoms with Gasteiger partial charge in [0.25, 0.3) is 0 Å². The molecule has 6 nitrogen and oxygen atoms in total. The molecule has 0 atom stereocenters. The van der Waals surface area contributed by atoms with Crippen LogP contribution in [0.25, 0.3) is 10.8 Å². The molecule has 3 rings (SSSR count). The molecule has 2 aromatic carbocycles. The molecular formula is C23H33N3O3. The number of ether oxygens (including phenoxy) is 3. The van der Waals surface area contributed by atoms with Crippen LogP contribution in [0.1, 0.15) is 24.8 Å². The van der Waals surface area contributed by atoms with Crippen molar-refractivity contribution in [2.24, 2.45) is 10.9 Å². The van der Waals surface area contributed by atoms with Gasteiger partial charge in [-0.3, -0.25) is 4.99 Å².